The number of aryl methyl sites for hydroxylation is 1. The van der Waals surface area contributed by atoms with Crippen molar-refractivity contribution in [2.45, 2.75) is 13.3 Å². The Morgan fingerprint density at radius 1 is 1.59 bits per heavy atom. The molecular formula is C9H8F2N2O4. The van der Waals surface area contributed by atoms with Gasteiger partial charge in [-0.1, -0.05) is 0 Å². The molecule has 0 aliphatic carbocycles. The quantitative estimate of drug-likeness (QED) is 0.463. The van der Waals surface area contributed by atoms with Gasteiger partial charge in [0.1, 0.15) is 0 Å². The molecule has 1 aromatic heterocycles. The predicted molar refractivity (Wildman–Crippen MR) is 51.9 cm³/mol. The van der Waals surface area contributed by atoms with Crippen molar-refractivity contribution in [1.82, 2.24) is 4.98 Å². The molecule has 0 N–H and O–H groups in total. The highest BCUT2D eigenvalue weighted by molar-refractivity contribution is 5.92. The first-order chi connectivity index (χ1) is 7.88. The van der Waals surface area contributed by atoms with Crippen LogP contribution < -0.4 is 0 Å². The lowest BCUT2D eigenvalue weighted by molar-refractivity contribution is -0.389. The third kappa shape index (κ3) is 2.52. The number of hydrogen-bond acceptors (Lipinski definition) is 5. The largest absolute Gasteiger partial charge is 0.465 e. The number of methoxy groups -OCH3 is 1. The summed E-state index contributed by atoms with van der Waals surface area (Å²) in [5, 5.41) is 10.5. The minimum absolute atomic E-state index is 0.269. The van der Waals surface area contributed by atoms with Crippen LogP contribution in [0.3, 0.4) is 0 Å². The smallest absolute Gasteiger partial charge is 0.364 e. The number of ether oxygens (including phenoxy) is 1. The van der Waals surface area contributed by atoms with Crippen LogP contribution in [-0.4, -0.2) is 23.0 Å². The first-order valence-electron chi connectivity index (χ1n) is 4.40. The van der Waals surface area contributed by atoms with Crippen LogP contribution in [0.25, 0.3) is 0 Å². The number of esters is 1. The molecule has 1 rings (SSSR count). The molecule has 0 atom stereocenters. The number of carbonyl (C=O) groups is 1. The van der Waals surface area contributed by atoms with E-state index in [4.69, 9.17) is 0 Å². The zero-order valence-corrected chi connectivity index (χ0v) is 8.94. The average Bonchev–Trinajstić information content (AvgIpc) is 2.26. The zero-order chi connectivity index (χ0) is 13.2. The van der Waals surface area contributed by atoms with Gasteiger partial charge < -0.3 is 14.9 Å². The monoisotopic (exact) mass is 246 g/mol. The van der Waals surface area contributed by atoms with Crippen LogP contribution in [0.2, 0.25) is 0 Å². The number of hydrogen-bond donors (Lipinski definition) is 0. The molecule has 1 aromatic rings. The third-order valence-electron chi connectivity index (χ3n) is 2.05. The molecule has 0 aromatic carbocycles. The Morgan fingerprint density at radius 3 is 2.59 bits per heavy atom. The Labute approximate surface area is 94.4 Å². The molecule has 0 unspecified atom stereocenters. The van der Waals surface area contributed by atoms with E-state index >= 15 is 0 Å². The number of nitro groups is 1. The normalized spacial score (nSPS) is 10.4. The van der Waals surface area contributed by atoms with Gasteiger partial charge in [-0.3, -0.25) is 0 Å². The maximum atomic E-state index is 12.7. The first kappa shape index (κ1) is 12.9. The van der Waals surface area contributed by atoms with Gasteiger partial charge in [-0.15, -0.1) is 0 Å². The van der Waals surface area contributed by atoms with Crippen LogP contribution in [0.5, 0.6) is 0 Å². The fourth-order valence-corrected chi connectivity index (χ4v) is 1.31. The van der Waals surface area contributed by atoms with Crippen molar-refractivity contribution in [3.63, 3.8) is 0 Å². The maximum Gasteiger partial charge on any atom is 0.364 e. The van der Waals surface area contributed by atoms with Gasteiger partial charge in [-0.05, 0) is 9.91 Å². The number of carbonyl (C=O) groups excluding carboxylic acids is 1. The molecule has 17 heavy (non-hydrogen) atoms. The molecule has 8 heteroatoms. The second-order valence-corrected chi connectivity index (χ2v) is 3.08. The van der Waals surface area contributed by atoms with Crippen molar-refractivity contribution < 1.29 is 23.2 Å². The van der Waals surface area contributed by atoms with Crippen LogP contribution >= 0.6 is 0 Å². The van der Waals surface area contributed by atoms with Crippen molar-refractivity contribution in [2.24, 2.45) is 0 Å². The SMILES string of the molecule is COC(=O)c1cc([N+](=O)[O-])nc(C)c1C(F)F. The minimum Gasteiger partial charge on any atom is -0.465 e. The number of nitrogens with zero attached hydrogens (tertiary/aromatic N) is 2. The third-order valence-corrected chi connectivity index (χ3v) is 2.05. The summed E-state index contributed by atoms with van der Waals surface area (Å²) in [4.78, 5) is 24.3. The zero-order valence-electron chi connectivity index (χ0n) is 8.94. The van der Waals surface area contributed by atoms with Crippen molar-refractivity contribution in [1.29, 1.82) is 0 Å². The molecule has 92 valence electrons. The fraction of sp³-hybridized carbons (Fsp3) is 0.333. The molecule has 0 aliphatic heterocycles. The van der Waals surface area contributed by atoms with Gasteiger partial charge in [0.2, 0.25) is 0 Å². The Kier molecular flexibility index (Phi) is 3.66. The Balaban J connectivity index is 3.50. The van der Waals surface area contributed by atoms with Gasteiger partial charge in [-0.25, -0.2) is 13.6 Å². The highest BCUT2D eigenvalue weighted by Crippen LogP contribution is 2.28. The van der Waals surface area contributed by atoms with Gasteiger partial charge >= 0.3 is 11.8 Å². The molecule has 0 bridgehead atoms. The summed E-state index contributed by atoms with van der Waals surface area (Å²) in [5.41, 5.74) is -1.46. The Morgan fingerprint density at radius 2 is 2.18 bits per heavy atom. The van der Waals surface area contributed by atoms with Crippen LogP contribution in [0.1, 0.15) is 28.0 Å². The molecule has 0 saturated heterocycles. The van der Waals surface area contributed by atoms with Crippen molar-refractivity contribution in [3.05, 3.63) is 33.0 Å². The van der Waals surface area contributed by atoms with E-state index in [9.17, 15) is 23.7 Å². The summed E-state index contributed by atoms with van der Waals surface area (Å²) in [5.74, 6) is -1.73. The summed E-state index contributed by atoms with van der Waals surface area (Å²) in [7, 11) is 0.999. The van der Waals surface area contributed by atoms with Crippen LogP contribution in [0.15, 0.2) is 6.07 Å². The van der Waals surface area contributed by atoms with Gasteiger partial charge in [0.15, 0.2) is 5.69 Å². The lowest BCUT2D eigenvalue weighted by Crippen LogP contribution is -2.10. The standard InChI is InChI=1S/C9H8F2N2O4/c1-4-7(8(10)11)5(9(14)17-2)3-6(12-4)13(15)16/h3,8H,1-2H3. The molecule has 6 nitrogen and oxygen atoms in total. The highest BCUT2D eigenvalue weighted by Gasteiger charge is 2.28. The molecule has 0 aliphatic rings. The van der Waals surface area contributed by atoms with E-state index in [1.807, 2.05) is 0 Å². The number of halogens is 2. The Hall–Kier alpha value is -2.12. The lowest BCUT2D eigenvalue weighted by atomic mass is 10.1. The predicted octanol–water partition coefficient (Wildman–Crippen LogP) is 2.02. The topological polar surface area (TPSA) is 82.3 Å². The average molecular weight is 246 g/mol. The van der Waals surface area contributed by atoms with Gasteiger partial charge in [0.05, 0.1) is 24.3 Å². The van der Waals surface area contributed by atoms with Gasteiger partial charge in [0.25, 0.3) is 6.43 Å². The maximum absolute atomic E-state index is 12.7. The molecule has 0 saturated carbocycles. The number of alkyl halides is 2. The summed E-state index contributed by atoms with van der Waals surface area (Å²) < 4.78 is 29.7. The molecular weight excluding hydrogens is 238 g/mol. The first-order valence-corrected chi connectivity index (χ1v) is 4.40. The van der Waals surface area contributed by atoms with E-state index < -0.39 is 34.3 Å². The molecule has 0 amide bonds. The summed E-state index contributed by atoms with van der Waals surface area (Å²) in [6, 6.07) is 0.681. The van der Waals surface area contributed by atoms with E-state index in [0.717, 1.165) is 7.11 Å². The van der Waals surface area contributed by atoms with E-state index in [-0.39, 0.29) is 5.69 Å². The van der Waals surface area contributed by atoms with Crippen LogP contribution in [-0.2, 0) is 4.74 Å². The van der Waals surface area contributed by atoms with Crippen LogP contribution in [0.4, 0.5) is 14.6 Å². The van der Waals surface area contributed by atoms with Gasteiger partial charge in [-0.2, -0.15) is 0 Å². The number of pyridine rings is 1. The fourth-order valence-electron chi connectivity index (χ4n) is 1.31. The van der Waals surface area contributed by atoms with Crippen molar-refractivity contribution in [2.75, 3.05) is 7.11 Å². The van der Waals surface area contributed by atoms with Crippen molar-refractivity contribution >= 4 is 11.8 Å². The summed E-state index contributed by atoms with van der Waals surface area (Å²) in [6.07, 6.45) is -2.96. The second-order valence-electron chi connectivity index (χ2n) is 3.08. The van der Waals surface area contributed by atoms with Gasteiger partial charge in [0, 0.05) is 6.92 Å². The molecule has 0 spiro atoms. The minimum atomic E-state index is -2.96. The second kappa shape index (κ2) is 4.81. The Bertz CT molecular complexity index is 476. The van der Waals surface area contributed by atoms with Crippen molar-refractivity contribution in [3.8, 4) is 0 Å². The molecule has 0 radical (unpaired) electrons. The van der Waals surface area contributed by atoms with E-state index in [1.165, 1.54) is 6.92 Å². The summed E-state index contributed by atoms with van der Waals surface area (Å²) in [6.45, 7) is 1.17. The molecule has 0 fully saturated rings. The highest BCUT2D eigenvalue weighted by atomic mass is 19.3. The van der Waals surface area contributed by atoms with E-state index in [1.54, 1.807) is 0 Å². The van der Waals surface area contributed by atoms with Crippen LogP contribution in [0, 0.1) is 17.0 Å². The van der Waals surface area contributed by atoms with E-state index in [2.05, 4.69) is 9.72 Å². The summed E-state index contributed by atoms with van der Waals surface area (Å²) >= 11 is 0. The number of aromatic nitrogens is 1. The van der Waals surface area contributed by atoms with E-state index in [0.29, 0.717) is 6.07 Å². The number of rotatable bonds is 3. The molecule has 1 heterocycles. The lowest BCUT2D eigenvalue weighted by Gasteiger charge is -2.07.